The van der Waals surface area contributed by atoms with Gasteiger partial charge in [-0.25, -0.2) is 4.90 Å². The van der Waals surface area contributed by atoms with Crippen LogP contribution in [-0.4, -0.2) is 47.7 Å². The van der Waals surface area contributed by atoms with Crippen molar-refractivity contribution in [2.24, 2.45) is 11.8 Å². The van der Waals surface area contributed by atoms with Crippen LogP contribution in [-0.2, 0) is 9.59 Å². The lowest BCUT2D eigenvalue weighted by Gasteiger charge is -2.35. The average Bonchev–Trinajstić information content (AvgIpc) is 3.44. The molecule has 0 aliphatic carbocycles. The summed E-state index contributed by atoms with van der Waals surface area (Å²) in [6.07, 6.45) is 3.65. The van der Waals surface area contributed by atoms with Crippen LogP contribution >= 0.6 is 0 Å². The van der Waals surface area contributed by atoms with Gasteiger partial charge in [-0.1, -0.05) is 24.3 Å². The molecular formula is C29H23N3O7. The molecule has 1 unspecified atom stereocenters. The second-order valence-electron chi connectivity index (χ2n) is 9.55. The maximum Gasteiger partial charge on any atom is 0.271 e. The van der Waals surface area contributed by atoms with E-state index in [1.165, 1.54) is 26.4 Å². The number of ketones is 1. The molecule has 10 heteroatoms. The largest absolute Gasteiger partial charge is 0.497 e. The number of anilines is 1. The SMILES string of the molecule is COc1ccc(C(=O)[C@@H]2[C@@H]3C(=O)N(c4cc([N+](=O)[O-])ccc4OC)C(=O)[C@@H]3C3c4ccccc4C=CN32)cc1. The number of ether oxygens (including phenoxy) is 2. The average molecular weight is 526 g/mol. The van der Waals surface area contributed by atoms with Gasteiger partial charge < -0.3 is 14.4 Å². The third-order valence-electron chi connectivity index (χ3n) is 7.72. The van der Waals surface area contributed by atoms with Gasteiger partial charge in [0.2, 0.25) is 11.8 Å². The Labute approximate surface area is 223 Å². The lowest BCUT2D eigenvalue weighted by atomic mass is 9.83. The zero-order valence-electron chi connectivity index (χ0n) is 21.0. The van der Waals surface area contributed by atoms with Crippen molar-refractivity contribution in [2.75, 3.05) is 19.1 Å². The number of non-ortho nitro benzene ring substituents is 1. The number of carbonyl (C=O) groups is 3. The molecule has 196 valence electrons. The third kappa shape index (κ3) is 3.59. The molecule has 10 nitrogen and oxygen atoms in total. The fourth-order valence-electron chi connectivity index (χ4n) is 5.99. The van der Waals surface area contributed by atoms with Crippen molar-refractivity contribution >= 4 is 35.0 Å². The van der Waals surface area contributed by atoms with Gasteiger partial charge in [0.25, 0.3) is 5.69 Å². The number of fused-ring (bicyclic) bond motifs is 5. The minimum atomic E-state index is -1.02. The van der Waals surface area contributed by atoms with Gasteiger partial charge in [-0.05, 0) is 47.5 Å². The van der Waals surface area contributed by atoms with Gasteiger partial charge in [-0.15, -0.1) is 0 Å². The maximum absolute atomic E-state index is 14.1. The zero-order chi connectivity index (χ0) is 27.4. The number of amides is 2. The smallest absolute Gasteiger partial charge is 0.271 e. The molecule has 0 aromatic heterocycles. The van der Waals surface area contributed by atoms with E-state index in [-0.39, 0.29) is 22.9 Å². The number of Topliss-reactive ketones (excluding diaryl/α,β-unsaturated/α-hetero) is 1. The Bertz CT molecular complexity index is 1570. The van der Waals surface area contributed by atoms with E-state index in [2.05, 4.69) is 0 Å². The number of nitro groups is 1. The summed E-state index contributed by atoms with van der Waals surface area (Å²) < 4.78 is 10.6. The second kappa shape index (κ2) is 9.09. The minimum Gasteiger partial charge on any atom is -0.497 e. The standard InChI is InChI=1S/C29H23N3O7/c1-38-19-10-7-17(8-11-19)27(33)26-24-23(25-20-6-4-3-5-16(20)13-14-30(25)26)28(34)31(29(24)35)21-15-18(32(36)37)9-12-22(21)39-2/h3-15,23-26H,1-2H3/t23-,24+,25?,26-/m0/s1. The Morgan fingerprint density at radius 1 is 0.923 bits per heavy atom. The molecule has 2 fully saturated rings. The maximum atomic E-state index is 14.1. The van der Waals surface area contributed by atoms with Gasteiger partial charge in [0.15, 0.2) is 5.78 Å². The number of imide groups is 1. The van der Waals surface area contributed by atoms with Crippen LogP contribution in [0.25, 0.3) is 6.08 Å². The van der Waals surface area contributed by atoms with Crippen LogP contribution in [0.2, 0.25) is 0 Å². The quantitative estimate of drug-likeness (QED) is 0.205. The molecule has 6 rings (SSSR count). The first-order chi connectivity index (χ1) is 18.8. The molecule has 39 heavy (non-hydrogen) atoms. The van der Waals surface area contributed by atoms with Crippen LogP contribution < -0.4 is 14.4 Å². The number of carbonyl (C=O) groups excluding carboxylic acids is 3. The molecule has 3 heterocycles. The van der Waals surface area contributed by atoms with E-state index in [4.69, 9.17) is 9.47 Å². The van der Waals surface area contributed by atoms with E-state index >= 15 is 0 Å². The van der Waals surface area contributed by atoms with E-state index in [1.54, 1.807) is 30.5 Å². The number of hydrogen-bond donors (Lipinski definition) is 0. The van der Waals surface area contributed by atoms with Crippen LogP contribution in [0.3, 0.4) is 0 Å². The number of hydrogen-bond acceptors (Lipinski definition) is 8. The monoisotopic (exact) mass is 525 g/mol. The minimum absolute atomic E-state index is 0.0158. The molecule has 0 spiro atoms. The summed E-state index contributed by atoms with van der Waals surface area (Å²) in [5, 5.41) is 11.5. The van der Waals surface area contributed by atoms with Gasteiger partial charge in [0.1, 0.15) is 23.2 Å². The second-order valence-corrected chi connectivity index (χ2v) is 9.55. The molecule has 0 saturated carbocycles. The normalized spacial score (nSPS) is 22.8. The van der Waals surface area contributed by atoms with E-state index in [0.717, 1.165) is 22.1 Å². The van der Waals surface area contributed by atoms with Crippen molar-refractivity contribution in [1.29, 1.82) is 0 Å². The molecule has 2 saturated heterocycles. The predicted molar refractivity (Wildman–Crippen MR) is 140 cm³/mol. The Morgan fingerprint density at radius 2 is 1.64 bits per heavy atom. The number of rotatable bonds is 6. The van der Waals surface area contributed by atoms with E-state index in [9.17, 15) is 24.5 Å². The first kappa shape index (κ1) is 24.4. The summed E-state index contributed by atoms with van der Waals surface area (Å²) in [5.74, 6) is -2.63. The van der Waals surface area contributed by atoms with Crippen LogP contribution in [0.1, 0.15) is 27.5 Å². The van der Waals surface area contributed by atoms with Crippen molar-refractivity contribution in [3.63, 3.8) is 0 Å². The van der Waals surface area contributed by atoms with Crippen molar-refractivity contribution in [1.82, 2.24) is 4.90 Å². The molecule has 0 bridgehead atoms. The lowest BCUT2D eigenvalue weighted by Crippen LogP contribution is -2.44. The van der Waals surface area contributed by atoms with Gasteiger partial charge in [0.05, 0.1) is 37.0 Å². The van der Waals surface area contributed by atoms with E-state index in [0.29, 0.717) is 11.3 Å². The lowest BCUT2D eigenvalue weighted by molar-refractivity contribution is -0.384. The van der Waals surface area contributed by atoms with Crippen molar-refractivity contribution in [3.05, 3.63) is 99.7 Å². The molecule has 0 N–H and O–H groups in total. The summed E-state index contributed by atoms with van der Waals surface area (Å²) in [6.45, 7) is 0. The van der Waals surface area contributed by atoms with Gasteiger partial charge in [-0.2, -0.15) is 0 Å². The molecule has 3 aromatic rings. The van der Waals surface area contributed by atoms with Gasteiger partial charge in [-0.3, -0.25) is 24.5 Å². The van der Waals surface area contributed by atoms with Gasteiger partial charge in [0, 0.05) is 23.9 Å². The number of methoxy groups -OCH3 is 2. The molecule has 3 aliphatic rings. The summed E-state index contributed by atoms with van der Waals surface area (Å²) in [7, 11) is 2.88. The molecular weight excluding hydrogens is 502 g/mol. The molecule has 3 aromatic carbocycles. The highest BCUT2D eigenvalue weighted by Gasteiger charge is 2.64. The highest BCUT2D eigenvalue weighted by Crippen LogP contribution is 2.54. The number of nitro benzene ring substituents is 1. The van der Waals surface area contributed by atoms with Crippen LogP contribution in [0.15, 0.2) is 72.9 Å². The fourth-order valence-corrected chi connectivity index (χ4v) is 5.99. The highest BCUT2D eigenvalue weighted by atomic mass is 16.6. The van der Waals surface area contributed by atoms with Crippen molar-refractivity contribution in [3.8, 4) is 11.5 Å². The third-order valence-corrected chi connectivity index (χ3v) is 7.72. The van der Waals surface area contributed by atoms with Crippen molar-refractivity contribution in [2.45, 2.75) is 12.1 Å². The zero-order valence-corrected chi connectivity index (χ0v) is 21.0. The molecule has 0 radical (unpaired) electrons. The molecule has 3 aliphatic heterocycles. The van der Waals surface area contributed by atoms with Crippen molar-refractivity contribution < 1.29 is 28.8 Å². The van der Waals surface area contributed by atoms with E-state index in [1.807, 2.05) is 35.2 Å². The molecule has 2 amide bonds. The first-order valence-electron chi connectivity index (χ1n) is 12.3. The topological polar surface area (TPSA) is 119 Å². The summed E-state index contributed by atoms with van der Waals surface area (Å²) in [6, 6.07) is 16.4. The van der Waals surface area contributed by atoms with Crippen LogP contribution in [0, 0.1) is 22.0 Å². The fraction of sp³-hybridized carbons (Fsp3) is 0.207. The van der Waals surface area contributed by atoms with Crippen LogP contribution in [0.5, 0.6) is 11.5 Å². The van der Waals surface area contributed by atoms with Gasteiger partial charge >= 0.3 is 0 Å². The Balaban J connectivity index is 1.50. The Kier molecular flexibility index (Phi) is 5.67. The van der Waals surface area contributed by atoms with Crippen LogP contribution in [0.4, 0.5) is 11.4 Å². The summed E-state index contributed by atoms with van der Waals surface area (Å²) in [5.41, 5.74) is 1.79. The van der Waals surface area contributed by atoms with E-state index < -0.39 is 40.7 Å². The summed E-state index contributed by atoms with van der Waals surface area (Å²) in [4.78, 5) is 55.9. The molecule has 4 atom stereocenters. The Morgan fingerprint density at radius 3 is 2.33 bits per heavy atom. The Hall–Kier alpha value is -4.99. The summed E-state index contributed by atoms with van der Waals surface area (Å²) >= 11 is 0. The number of nitrogens with zero attached hydrogens (tertiary/aromatic N) is 3. The predicted octanol–water partition coefficient (Wildman–Crippen LogP) is 4.01. The first-order valence-corrected chi connectivity index (χ1v) is 12.3. The number of benzene rings is 3. The highest BCUT2D eigenvalue weighted by molar-refractivity contribution is 6.25.